The molecule has 0 bridgehead atoms. The van der Waals surface area contributed by atoms with Crippen LogP contribution in [0.2, 0.25) is 0 Å². The number of fused-ring (bicyclic) bond motifs is 2. The highest BCUT2D eigenvalue weighted by molar-refractivity contribution is 7.90. The Bertz CT molecular complexity index is 1310. The van der Waals surface area contributed by atoms with Crippen LogP contribution >= 0.6 is 0 Å². The Labute approximate surface area is 185 Å². The smallest absolute Gasteiger partial charge is 0.256 e. The van der Waals surface area contributed by atoms with Gasteiger partial charge in [0.1, 0.15) is 23.3 Å². The molecule has 1 aliphatic heterocycles. The van der Waals surface area contributed by atoms with Crippen molar-refractivity contribution < 1.29 is 22.0 Å². The van der Waals surface area contributed by atoms with E-state index in [0.717, 1.165) is 43.2 Å². The third-order valence-electron chi connectivity index (χ3n) is 5.31. The Hall–Kier alpha value is -3.20. The van der Waals surface area contributed by atoms with E-state index in [1.807, 2.05) is 13.0 Å². The first-order valence-corrected chi connectivity index (χ1v) is 12.4. The summed E-state index contributed by atoms with van der Waals surface area (Å²) < 4.78 is 42.6. The van der Waals surface area contributed by atoms with Crippen molar-refractivity contribution in [3.05, 3.63) is 53.4 Å². The van der Waals surface area contributed by atoms with E-state index in [1.54, 1.807) is 0 Å². The predicted octanol–water partition coefficient (Wildman–Crippen LogP) is 4.36. The normalized spacial score (nSPS) is 14.5. The van der Waals surface area contributed by atoms with E-state index in [1.165, 1.54) is 24.3 Å². The molecule has 0 unspecified atom stereocenters. The number of amides is 1. The van der Waals surface area contributed by atoms with E-state index >= 15 is 0 Å². The zero-order valence-electron chi connectivity index (χ0n) is 17.9. The fourth-order valence-corrected chi connectivity index (χ4v) is 4.07. The van der Waals surface area contributed by atoms with Gasteiger partial charge in [-0.15, -0.1) is 0 Å². The lowest BCUT2D eigenvalue weighted by Crippen LogP contribution is -2.29. The molecule has 3 heterocycles. The number of nitrogens with zero attached hydrogens (tertiary/aromatic N) is 1. The number of halogens is 1. The van der Waals surface area contributed by atoms with E-state index in [9.17, 15) is 17.6 Å². The van der Waals surface area contributed by atoms with Gasteiger partial charge in [-0.25, -0.2) is 12.8 Å². The number of anilines is 1. The molecule has 2 aromatic heterocycles. The summed E-state index contributed by atoms with van der Waals surface area (Å²) in [5.74, 6) is -0.672. The fraction of sp³-hybridized carbons (Fsp3) is 0.304. The van der Waals surface area contributed by atoms with Gasteiger partial charge in [-0.05, 0) is 62.1 Å². The summed E-state index contributed by atoms with van der Waals surface area (Å²) in [5.41, 5.74) is 2.77. The van der Waals surface area contributed by atoms with Gasteiger partial charge in [-0.1, -0.05) is 6.08 Å². The van der Waals surface area contributed by atoms with Gasteiger partial charge in [-0.2, -0.15) is 4.98 Å². The summed E-state index contributed by atoms with van der Waals surface area (Å²) in [5, 5.41) is 6.24. The summed E-state index contributed by atoms with van der Waals surface area (Å²) in [6, 6.07) is 7.39. The summed E-state index contributed by atoms with van der Waals surface area (Å²) in [7, 11) is -3.43. The Morgan fingerprint density at radius 3 is 2.72 bits per heavy atom. The number of allylic oxidation sites excluding steroid dienone is 2. The van der Waals surface area contributed by atoms with Gasteiger partial charge in [0.25, 0.3) is 5.91 Å². The second-order valence-electron chi connectivity index (χ2n) is 7.94. The molecule has 0 radical (unpaired) electrons. The predicted molar refractivity (Wildman–Crippen MR) is 123 cm³/mol. The molecular weight excluding hydrogens is 433 g/mol. The van der Waals surface area contributed by atoms with Crippen molar-refractivity contribution in [2.45, 2.75) is 26.2 Å². The van der Waals surface area contributed by atoms with Gasteiger partial charge in [0, 0.05) is 23.9 Å². The fourth-order valence-electron chi connectivity index (χ4n) is 3.68. The standard InChI is InChI=1S/C23H24FN3O4S/c1-14-6-4-3-5-11-25-21-17(14)12-18-19(22(28)26-13-32(2,29)30)20(31-23(18)27-21)15-7-9-16(24)10-8-15/h6-10,12H,3-5,11,13H2,1-2H3,(H,25,27)(H,26,28). The zero-order valence-corrected chi connectivity index (χ0v) is 18.7. The van der Waals surface area contributed by atoms with Crippen LogP contribution in [0, 0.1) is 5.82 Å². The third-order valence-corrected chi connectivity index (χ3v) is 5.98. The molecular formula is C23H24FN3O4S. The lowest BCUT2D eigenvalue weighted by atomic mass is 10.0. The summed E-state index contributed by atoms with van der Waals surface area (Å²) in [6.45, 7) is 2.75. The van der Waals surface area contributed by atoms with Crippen LogP contribution in [0.25, 0.3) is 28.0 Å². The molecule has 0 atom stereocenters. The van der Waals surface area contributed by atoms with E-state index < -0.39 is 27.4 Å². The highest BCUT2D eigenvalue weighted by atomic mass is 32.2. The molecule has 168 valence electrons. The molecule has 0 spiro atoms. The number of aromatic nitrogens is 1. The maximum absolute atomic E-state index is 13.5. The van der Waals surface area contributed by atoms with Crippen LogP contribution in [0.4, 0.5) is 10.2 Å². The van der Waals surface area contributed by atoms with Crippen LogP contribution in [0.15, 0.2) is 40.8 Å². The number of sulfone groups is 1. The van der Waals surface area contributed by atoms with Crippen LogP contribution in [-0.2, 0) is 9.84 Å². The molecule has 1 amide bonds. The van der Waals surface area contributed by atoms with Crippen molar-refractivity contribution in [1.29, 1.82) is 0 Å². The first-order valence-electron chi connectivity index (χ1n) is 10.3. The van der Waals surface area contributed by atoms with Crippen molar-refractivity contribution >= 4 is 38.2 Å². The van der Waals surface area contributed by atoms with Crippen LogP contribution in [0.3, 0.4) is 0 Å². The van der Waals surface area contributed by atoms with Gasteiger partial charge >= 0.3 is 0 Å². The monoisotopic (exact) mass is 457 g/mol. The molecule has 7 nitrogen and oxygen atoms in total. The number of rotatable bonds is 4. The van der Waals surface area contributed by atoms with Crippen molar-refractivity contribution in [3.63, 3.8) is 0 Å². The second-order valence-corrected chi connectivity index (χ2v) is 10.1. The molecule has 0 fully saturated rings. The number of carbonyl (C=O) groups is 1. The Balaban J connectivity index is 1.92. The molecule has 4 rings (SSSR count). The minimum atomic E-state index is -3.43. The van der Waals surface area contributed by atoms with E-state index in [0.29, 0.717) is 16.8 Å². The van der Waals surface area contributed by atoms with Crippen molar-refractivity contribution in [2.24, 2.45) is 0 Å². The number of pyridine rings is 1. The lowest BCUT2D eigenvalue weighted by Gasteiger charge is -2.10. The molecule has 2 N–H and O–H groups in total. The molecule has 1 aliphatic rings. The molecule has 0 saturated heterocycles. The van der Waals surface area contributed by atoms with Crippen LogP contribution in [-0.4, -0.2) is 38.0 Å². The van der Waals surface area contributed by atoms with Crippen molar-refractivity contribution in [3.8, 4) is 11.3 Å². The molecule has 1 aromatic carbocycles. The van der Waals surface area contributed by atoms with Crippen molar-refractivity contribution in [2.75, 3.05) is 24.0 Å². The Morgan fingerprint density at radius 2 is 2.00 bits per heavy atom. The highest BCUT2D eigenvalue weighted by Gasteiger charge is 2.25. The maximum Gasteiger partial charge on any atom is 0.256 e. The van der Waals surface area contributed by atoms with Gasteiger partial charge in [-0.3, -0.25) is 4.79 Å². The lowest BCUT2D eigenvalue weighted by molar-refractivity contribution is 0.0961. The van der Waals surface area contributed by atoms with Gasteiger partial charge in [0.2, 0.25) is 5.71 Å². The summed E-state index contributed by atoms with van der Waals surface area (Å²) in [6.07, 6.45) is 6.18. The maximum atomic E-state index is 13.5. The largest absolute Gasteiger partial charge is 0.437 e. The first-order chi connectivity index (χ1) is 15.2. The molecule has 9 heteroatoms. The topological polar surface area (TPSA) is 101 Å². The highest BCUT2D eigenvalue weighted by Crippen LogP contribution is 2.37. The Kier molecular flexibility index (Phi) is 6.01. The van der Waals surface area contributed by atoms with Gasteiger partial charge in [0.15, 0.2) is 9.84 Å². The Morgan fingerprint density at radius 1 is 1.25 bits per heavy atom. The van der Waals surface area contributed by atoms with Crippen LogP contribution < -0.4 is 10.6 Å². The SMILES string of the molecule is CC1=CCCCCNc2nc3oc(-c4ccc(F)cc4)c(C(=O)NCS(C)(=O)=O)c3cc21. The number of carbonyl (C=O) groups excluding carboxylic acids is 1. The minimum Gasteiger partial charge on any atom is -0.437 e. The quantitative estimate of drug-likeness (QED) is 0.604. The first kappa shape index (κ1) is 22.0. The average Bonchev–Trinajstić information content (AvgIpc) is 3.14. The van der Waals surface area contributed by atoms with E-state index in [-0.39, 0.29) is 17.0 Å². The second kappa shape index (κ2) is 8.74. The summed E-state index contributed by atoms with van der Waals surface area (Å²) in [4.78, 5) is 17.7. The molecule has 3 aromatic rings. The number of furan rings is 1. The van der Waals surface area contributed by atoms with E-state index in [2.05, 4.69) is 21.7 Å². The number of hydrogen-bond acceptors (Lipinski definition) is 6. The van der Waals surface area contributed by atoms with Crippen LogP contribution in [0.1, 0.15) is 42.1 Å². The summed E-state index contributed by atoms with van der Waals surface area (Å²) >= 11 is 0. The van der Waals surface area contributed by atoms with Crippen LogP contribution in [0.5, 0.6) is 0 Å². The third kappa shape index (κ3) is 4.67. The molecule has 0 saturated carbocycles. The zero-order chi connectivity index (χ0) is 22.9. The van der Waals surface area contributed by atoms with E-state index in [4.69, 9.17) is 4.42 Å². The number of benzene rings is 1. The number of hydrogen-bond donors (Lipinski definition) is 2. The average molecular weight is 458 g/mol. The van der Waals surface area contributed by atoms with Crippen molar-refractivity contribution in [1.82, 2.24) is 10.3 Å². The number of nitrogens with one attached hydrogen (secondary N) is 2. The molecule has 32 heavy (non-hydrogen) atoms. The minimum absolute atomic E-state index is 0.165. The molecule has 0 aliphatic carbocycles. The van der Waals surface area contributed by atoms with Gasteiger partial charge < -0.3 is 15.1 Å². The van der Waals surface area contributed by atoms with Gasteiger partial charge in [0.05, 0.1) is 10.9 Å².